The van der Waals surface area contributed by atoms with Crippen LogP contribution in [0.25, 0.3) is 11.3 Å². The van der Waals surface area contributed by atoms with Crippen LogP contribution in [0.1, 0.15) is 48.1 Å². The molecule has 0 amide bonds. The van der Waals surface area contributed by atoms with Gasteiger partial charge >= 0.3 is 0 Å². The maximum Gasteiger partial charge on any atom is 0.223 e. The molecule has 3 aromatic heterocycles. The molecular formula is C24H27ClN6. The zero-order chi connectivity index (χ0) is 21.4. The molecule has 0 bridgehead atoms. The van der Waals surface area contributed by atoms with E-state index in [9.17, 15) is 0 Å². The van der Waals surface area contributed by atoms with Crippen LogP contribution in [0.15, 0.2) is 30.7 Å². The quantitative estimate of drug-likeness (QED) is 0.614. The molecule has 5 rings (SSSR count). The lowest BCUT2D eigenvalue weighted by atomic mass is 10.0. The fraction of sp³-hybridized carbons (Fsp3) is 0.417. The van der Waals surface area contributed by atoms with Gasteiger partial charge in [0, 0.05) is 55.3 Å². The van der Waals surface area contributed by atoms with Crippen molar-refractivity contribution >= 4 is 23.4 Å². The normalized spacial score (nSPS) is 16.4. The molecule has 0 radical (unpaired) electrons. The molecule has 31 heavy (non-hydrogen) atoms. The number of pyridine rings is 2. The predicted molar refractivity (Wildman–Crippen MR) is 125 cm³/mol. The van der Waals surface area contributed by atoms with Crippen LogP contribution in [-0.2, 0) is 13.0 Å². The Bertz CT molecular complexity index is 1110. The summed E-state index contributed by atoms with van der Waals surface area (Å²) in [4.78, 5) is 20.9. The van der Waals surface area contributed by atoms with Gasteiger partial charge in [-0.1, -0.05) is 30.5 Å². The molecule has 160 valence electrons. The summed E-state index contributed by atoms with van der Waals surface area (Å²) in [5.74, 6) is 1.67. The second-order valence-corrected chi connectivity index (χ2v) is 9.07. The van der Waals surface area contributed by atoms with Gasteiger partial charge in [-0.2, -0.15) is 0 Å². The van der Waals surface area contributed by atoms with E-state index in [0.717, 1.165) is 64.9 Å². The SMILES string of the molecule is Cc1cnc(-c2cc(N3CCc4nc(NC5CCCC5)ncc4C3)ncc2Cl)c(C)c1. The lowest BCUT2D eigenvalue weighted by molar-refractivity contribution is 0.690. The third-order valence-corrected chi connectivity index (χ3v) is 6.56. The molecule has 0 atom stereocenters. The molecule has 1 N–H and O–H groups in total. The number of fused-ring (bicyclic) bond motifs is 1. The van der Waals surface area contributed by atoms with E-state index in [1.807, 2.05) is 19.3 Å². The van der Waals surface area contributed by atoms with E-state index in [2.05, 4.69) is 44.2 Å². The van der Waals surface area contributed by atoms with Gasteiger partial charge in [0.05, 0.1) is 16.4 Å². The molecule has 1 saturated carbocycles. The maximum atomic E-state index is 6.50. The van der Waals surface area contributed by atoms with Crippen molar-refractivity contribution in [1.29, 1.82) is 0 Å². The highest BCUT2D eigenvalue weighted by atomic mass is 35.5. The van der Waals surface area contributed by atoms with E-state index in [4.69, 9.17) is 16.6 Å². The van der Waals surface area contributed by atoms with Crippen LogP contribution in [0.4, 0.5) is 11.8 Å². The van der Waals surface area contributed by atoms with Crippen LogP contribution in [0.2, 0.25) is 5.02 Å². The average Bonchev–Trinajstić information content (AvgIpc) is 3.27. The Morgan fingerprint density at radius 2 is 1.87 bits per heavy atom. The number of hydrogen-bond donors (Lipinski definition) is 1. The van der Waals surface area contributed by atoms with Crippen LogP contribution in [-0.4, -0.2) is 32.5 Å². The van der Waals surface area contributed by atoms with E-state index in [1.54, 1.807) is 6.20 Å². The zero-order valence-corrected chi connectivity index (χ0v) is 18.8. The summed E-state index contributed by atoms with van der Waals surface area (Å²) in [6.07, 6.45) is 11.5. The van der Waals surface area contributed by atoms with E-state index >= 15 is 0 Å². The summed E-state index contributed by atoms with van der Waals surface area (Å²) < 4.78 is 0. The van der Waals surface area contributed by atoms with Gasteiger partial charge in [0.25, 0.3) is 0 Å². The van der Waals surface area contributed by atoms with Crippen molar-refractivity contribution in [2.24, 2.45) is 0 Å². The predicted octanol–water partition coefficient (Wildman–Crippen LogP) is 5.12. The lowest BCUT2D eigenvalue weighted by Gasteiger charge is -2.29. The Balaban J connectivity index is 1.37. The molecule has 3 aromatic rings. The fourth-order valence-electron chi connectivity index (χ4n) is 4.61. The molecule has 2 aliphatic rings. The molecular weight excluding hydrogens is 408 g/mol. The largest absolute Gasteiger partial charge is 0.352 e. The molecule has 0 saturated heterocycles. The highest BCUT2D eigenvalue weighted by molar-refractivity contribution is 6.33. The summed E-state index contributed by atoms with van der Waals surface area (Å²) in [6.45, 7) is 5.72. The Kier molecular flexibility index (Phi) is 5.48. The topological polar surface area (TPSA) is 66.8 Å². The van der Waals surface area contributed by atoms with Gasteiger partial charge in [0.15, 0.2) is 0 Å². The van der Waals surface area contributed by atoms with Crippen LogP contribution in [0.5, 0.6) is 0 Å². The van der Waals surface area contributed by atoms with Crippen molar-refractivity contribution in [3.63, 3.8) is 0 Å². The van der Waals surface area contributed by atoms with E-state index < -0.39 is 0 Å². The first-order valence-corrected chi connectivity index (χ1v) is 11.4. The molecule has 6 nitrogen and oxygen atoms in total. The third-order valence-electron chi connectivity index (χ3n) is 6.26. The first-order valence-electron chi connectivity index (χ1n) is 11.0. The number of halogens is 1. The van der Waals surface area contributed by atoms with Crippen LogP contribution in [0, 0.1) is 13.8 Å². The number of hydrogen-bond acceptors (Lipinski definition) is 6. The summed E-state index contributed by atoms with van der Waals surface area (Å²) >= 11 is 6.50. The van der Waals surface area contributed by atoms with Gasteiger partial charge in [0.2, 0.25) is 5.95 Å². The fourth-order valence-corrected chi connectivity index (χ4v) is 4.81. The molecule has 0 unspecified atom stereocenters. The maximum absolute atomic E-state index is 6.50. The Morgan fingerprint density at radius 1 is 1.03 bits per heavy atom. The van der Waals surface area contributed by atoms with Gasteiger partial charge in [-0.25, -0.2) is 15.0 Å². The highest BCUT2D eigenvalue weighted by Crippen LogP contribution is 2.33. The summed E-state index contributed by atoms with van der Waals surface area (Å²) in [7, 11) is 0. The van der Waals surface area contributed by atoms with E-state index in [0.29, 0.717) is 11.1 Å². The second kappa shape index (κ2) is 8.42. The first-order chi connectivity index (χ1) is 15.1. The molecule has 0 aromatic carbocycles. The smallest absolute Gasteiger partial charge is 0.223 e. The average molecular weight is 435 g/mol. The van der Waals surface area contributed by atoms with Gasteiger partial charge in [-0.05, 0) is 43.9 Å². The molecule has 1 aliphatic heterocycles. The number of rotatable bonds is 4. The van der Waals surface area contributed by atoms with Crippen molar-refractivity contribution in [3.8, 4) is 11.3 Å². The number of aryl methyl sites for hydroxylation is 2. The van der Waals surface area contributed by atoms with Gasteiger partial charge in [-0.3, -0.25) is 4.98 Å². The highest BCUT2D eigenvalue weighted by Gasteiger charge is 2.22. The van der Waals surface area contributed by atoms with Crippen LogP contribution in [0.3, 0.4) is 0 Å². The second-order valence-electron chi connectivity index (χ2n) is 8.66. The Labute approximate surface area is 188 Å². The molecule has 0 spiro atoms. The molecule has 4 heterocycles. The van der Waals surface area contributed by atoms with Crippen molar-refractivity contribution in [3.05, 3.63) is 58.1 Å². The monoisotopic (exact) mass is 434 g/mol. The zero-order valence-electron chi connectivity index (χ0n) is 18.0. The standard InChI is InChI=1S/C24H27ClN6/c1-15-9-16(2)23(27-11-15)19-10-22(26-13-20(19)25)31-8-7-21-17(14-31)12-28-24(30-21)29-18-5-3-4-6-18/h9-13,18H,3-8,14H2,1-2H3,(H,28,29,30). The minimum Gasteiger partial charge on any atom is -0.352 e. The first kappa shape index (κ1) is 20.2. The lowest BCUT2D eigenvalue weighted by Crippen LogP contribution is -2.32. The Morgan fingerprint density at radius 3 is 2.68 bits per heavy atom. The molecule has 1 fully saturated rings. The minimum atomic E-state index is 0.522. The Hall–Kier alpha value is -2.73. The summed E-state index contributed by atoms with van der Waals surface area (Å²) in [5, 5.41) is 4.12. The number of aromatic nitrogens is 4. The number of nitrogens with one attached hydrogen (secondary N) is 1. The molecule has 1 aliphatic carbocycles. The van der Waals surface area contributed by atoms with Crippen molar-refractivity contribution in [2.75, 3.05) is 16.8 Å². The third kappa shape index (κ3) is 4.22. The van der Waals surface area contributed by atoms with Gasteiger partial charge in [0.1, 0.15) is 5.82 Å². The van der Waals surface area contributed by atoms with Crippen molar-refractivity contribution in [1.82, 2.24) is 19.9 Å². The van der Waals surface area contributed by atoms with E-state index in [-0.39, 0.29) is 0 Å². The summed E-state index contributed by atoms with van der Waals surface area (Å²) in [5.41, 5.74) is 6.37. The van der Waals surface area contributed by atoms with Crippen LogP contribution < -0.4 is 10.2 Å². The number of anilines is 2. The van der Waals surface area contributed by atoms with Crippen molar-refractivity contribution in [2.45, 2.75) is 58.5 Å². The minimum absolute atomic E-state index is 0.522. The van der Waals surface area contributed by atoms with Crippen molar-refractivity contribution < 1.29 is 0 Å². The van der Waals surface area contributed by atoms with Gasteiger partial charge < -0.3 is 10.2 Å². The summed E-state index contributed by atoms with van der Waals surface area (Å²) in [6, 6.07) is 4.70. The van der Waals surface area contributed by atoms with E-state index in [1.165, 1.54) is 25.7 Å². The number of nitrogens with zero attached hydrogens (tertiary/aromatic N) is 5. The van der Waals surface area contributed by atoms with Crippen LogP contribution >= 0.6 is 11.6 Å². The van der Waals surface area contributed by atoms with Gasteiger partial charge in [-0.15, -0.1) is 0 Å². The molecule has 7 heteroatoms.